The number of thioether (sulfide) groups is 1. The van der Waals surface area contributed by atoms with Crippen LogP contribution in [0.1, 0.15) is 22.3 Å². The Labute approximate surface area is 101 Å². The number of carbonyl (C=O) groups is 1. The SMILES string of the molecule is CSCCCNC(=O)c1cc(C)cc(N)c1. The highest BCUT2D eigenvalue weighted by Gasteiger charge is 2.05. The lowest BCUT2D eigenvalue weighted by Crippen LogP contribution is -2.24. The zero-order valence-corrected chi connectivity index (χ0v) is 10.6. The average Bonchev–Trinajstić information content (AvgIpc) is 2.22. The molecule has 0 unspecified atom stereocenters. The first-order valence-corrected chi connectivity index (χ1v) is 6.67. The Hall–Kier alpha value is -1.16. The second kappa shape index (κ2) is 6.43. The number of carbonyl (C=O) groups excluding carboxylic acids is 1. The Morgan fingerprint density at radius 2 is 2.19 bits per heavy atom. The van der Waals surface area contributed by atoms with Crippen LogP contribution in [0.15, 0.2) is 18.2 Å². The van der Waals surface area contributed by atoms with E-state index in [0.717, 1.165) is 17.7 Å². The summed E-state index contributed by atoms with van der Waals surface area (Å²) in [4.78, 5) is 11.7. The van der Waals surface area contributed by atoms with Crippen molar-refractivity contribution >= 4 is 23.4 Å². The van der Waals surface area contributed by atoms with E-state index in [0.29, 0.717) is 17.8 Å². The molecule has 0 heterocycles. The van der Waals surface area contributed by atoms with Crippen molar-refractivity contribution in [2.45, 2.75) is 13.3 Å². The minimum Gasteiger partial charge on any atom is -0.399 e. The topological polar surface area (TPSA) is 55.1 Å². The Kier molecular flexibility index (Phi) is 5.19. The number of rotatable bonds is 5. The third kappa shape index (κ3) is 4.14. The van der Waals surface area contributed by atoms with E-state index < -0.39 is 0 Å². The molecule has 0 aromatic heterocycles. The monoisotopic (exact) mass is 238 g/mol. The summed E-state index contributed by atoms with van der Waals surface area (Å²) in [6.45, 7) is 2.65. The Morgan fingerprint density at radius 3 is 2.81 bits per heavy atom. The van der Waals surface area contributed by atoms with E-state index in [1.54, 1.807) is 17.8 Å². The molecule has 4 heteroatoms. The average molecular weight is 238 g/mol. The maximum Gasteiger partial charge on any atom is 0.251 e. The molecule has 1 amide bonds. The molecule has 0 saturated carbocycles. The van der Waals surface area contributed by atoms with Crippen LogP contribution in [0.2, 0.25) is 0 Å². The predicted molar refractivity (Wildman–Crippen MR) is 70.9 cm³/mol. The van der Waals surface area contributed by atoms with Crippen molar-refractivity contribution in [3.8, 4) is 0 Å². The van der Waals surface area contributed by atoms with E-state index in [1.807, 2.05) is 19.1 Å². The summed E-state index contributed by atoms with van der Waals surface area (Å²) in [6.07, 6.45) is 3.05. The maximum atomic E-state index is 11.7. The van der Waals surface area contributed by atoms with Crippen molar-refractivity contribution in [1.29, 1.82) is 0 Å². The van der Waals surface area contributed by atoms with Gasteiger partial charge in [0.2, 0.25) is 0 Å². The number of hydrogen-bond acceptors (Lipinski definition) is 3. The van der Waals surface area contributed by atoms with Gasteiger partial charge in [0.25, 0.3) is 5.91 Å². The number of aryl methyl sites for hydroxylation is 1. The van der Waals surface area contributed by atoms with Gasteiger partial charge in [-0.1, -0.05) is 0 Å². The fourth-order valence-electron chi connectivity index (χ4n) is 1.46. The second-order valence-electron chi connectivity index (χ2n) is 3.73. The van der Waals surface area contributed by atoms with Crippen LogP contribution in [0, 0.1) is 6.92 Å². The highest BCUT2D eigenvalue weighted by molar-refractivity contribution is 7.98. The van der Waals surface area contributed by atoms with Gasteiger partial charge in [0, 0.05) is 17.8 Å². The third-order valence-corrected chi connectivity index (χ3v) is 2.87. The van der Waals surface area contributed by atoms with Gasteiger partial charge in [-0.05, 0) is 49.1 Å². The zero-order valence-electron chi connectivity index (χ0n) is 9.75. The number of benzene rings is 1. The summed E-state index contributed by atoms with van der Waals surface area (Å²) < 4.78 is 0. The quantitative estimate of drug-likeness (QED) is 0.610. The maximum absolute atomic E-state index is 11.7. The number of anilines is 1. The minimum atomic E-state index is -0.0449. The van der Waals surface area contributed by atoms with Gasteiger partial charge < -0.3 is 11.1 Å². The zero-order chi connectivity index (χ0) is 12.0. The summed E-state index contributed by atoms with van der Waals surface area (Å²) in [7, 11) is 0. The molecule has 16 heavy (non-hydrogen) atoms. The van der Waals surface area contributed by atoms with E-state index >= 15 is 0 Å². The first kappa shape index (κ1) is 12.9. The second-order valence-corrected chi connectivity index (χ2v) is 4.72. The Balaban J connectivity index is 2.52. The molecule has 0 saturated heterocycles. The van der Waals surface area contributed by atoms with E-state index in [1.165, 1.54) is 0 Å². The van der Waals surface area contributed by atoms with Crippen LogP contribution in [0.4, 0.5) is 5.69 Å². The van der Waals surface area contributed by atoms with Crippen LogP contribution in [-0.2, 0) is 0 Å². The lowest BCUT2D eigenvalue weighted by Gasteiger charge is -2.06. The fraction of sp³-hybridized carbons (Fsp3) is 0.417. The van der Waals surface area contributed by atoms with Crippen molar-refractivity contribution in [3.05, 3.63) is 29.3 Å². The highest BCUT2D eigenvalue weighted by atomic mass is 32.2. The number of nitrogens with two attached hydrogens (primary N) is 1. The normalized spacial score (nSPS) is 10.1. The largest absolute Gasteiger partial charge is 0.399 e. The van der Waals surface area contributed by atoms with Gasteiger partial charge in [-0.25, -0.2) is 0 Å². The van der Waals surface area contributed by atoms with Crippen molar-refractivity contribution in [2.75, 3.05) is 24.3 Å². The highest BCUT2D eigenvalue weighted by Crippen LogP contribution is 2.11. The molecule has 0 aliphatic carbocycles. The predicted octanol–water partition coefficient (Wildman–Crippen LogP) is 2.06. The van der Waals surface area contributed by atoms with Crippen molar-refractivity contribution < 1.29 is 4.79 Å². The standard InChI is InChI=1S/C12H18N2OS/c1-9-6-10(8-11(13)7-9)12(15)14-4-3-5-16-2/h6-8H,3-5,13H2,1-2H3,(H,14,15). The summed E-state index contributed by atoms with van der Waals surface area (Å²) in [6, 6.07) is 5.40. The molecule has 3 N–H and O–H groups in total. The van der Waals surface area contributed by atoms with Crippen molar-refractivity contribution in [3.63, 3.8) is 0 Å². The lowest BCUT2D eigenvalue weighted by atomic mass is 10.1. The molecule has 0 spiro atoms. The van der Waals surface area contributed by atoms with Gasteiger partial charge >= 0.3 is 0 Å². The van der Waals surface area contributed by atoms with Crippen LogP contribution in [-0.4, -0.2) is 24.5 Å². The first-order chi connectivity index (χ1) is 7.63. The van der Waals surface area contributed by atoms with Gasteiger partial charge in [-0.15, -0.1) is 0 Å². The number of nitrogens with one attached hydrogen (secondary N) is 1. The van der Waals surface area contributed by atoms with Crippen LogP contribution < -0.4 is 11.1 Å². The van der Waals surface area contributed by atoms with Crippen molar-refractivity contribution in [2.24, 2.45) is 0 Å². The molecular weight excluding hydrogens is 220 g/mol. The molecule has 0 atom stereocenters. The van der Waals surface area contributed by atoms with Gasteiger partial charge in [0.1, 0.15) is 0 Å². The summed E-state index contributed by atoms with van der Waals surface area (Å²) >= 11 is 1.78. The third-order valence-electron chi connectivity index (χ3n) is 2.17. The molecule has 88 valence electrons. The molecule has 1 aromatic rings. The van der Waals surface area contributed by atoms with Crippen molar-refractivity contribution in [1.82, 2.24) is 5.32 Å². The smallest absolute Gasteiger partial charge is 0.251 e. The molecule has 0 fully saturated rings. The number of hydrogen-bond donors (Lipinski definition) is 2. The van der Waals surface area contributed by atoms with Crippen LogP contribution >= 0.6 is 11.8 Å². The fourth-order valence-corrected chi connectivity index (χ4v) is 1.90. The summed E-state index contributed by atoms with van der Waals surface area (Å²) in [5, 5.41) is 2.88. The molecule has 0 bridgehead atoms. The van der Waals surface area contributed by atoms with Gasteiger partial charge in [0.05, 0.1) is 0 Å². The van der Waals surface area contributed by atoms with Gasteiger partial charge in [-0.3, -0.25) is 4.79 Å². The number of nitrogen functional groups attached to an aromatic ring is 1. The Morgan fingerprint density at radius 1 is 1.44 bits per heavy atom. The minimum absolute atomic E-state index is 0.0449. The molecular formula is C12H18N2OS. The molecule has 0 aliphatic heterocycles. The van der Waals surface area contributed by atoms with E-state index in [9.17, 15) is 4.79 Å². The van der Waals surface area contributed by atoms with E-state index in [-0.39, 0.29) is 5.91 Å². The number of amides is 1. The molecule has 0 radical (unpaired) electrons. The first-order valence-electron chi connectivity index (χ1n) is 5.28. The molecule has 1 rings (SSSR count). The van der Waals surface area contributed by atoms with Crippen LogP contribution in [0.25, 0.3) is 0 Å². The molecule has 0 aliphatic rings. The summed E-state index contributed by atoms with van der Waals surface area (Å²) in [5.41, 5.74) is 7.97. The van der Waals surface area contributed by atoms with Gasteiger partial charge in [-0.2, -0.15) is 11.8 Å². The van der Waals surface area contributed by atoms with Crippen LogP contribution in [0.3, 0.4) is 0 Å². The Bertz CT molecular complexity index is 346. The summed E-state index contributed by atoms with van der Waals surface area (Å²) in [5.74, 6) is 1.02. The van der Waals surface area contributed by atoms with Gasteiger partial charge in [0.15, 0.2) is 0 Å². The lowest BCUT2D eigenvalue weighted by molar-refractivity contribution is 0.0954. The molecule has 1 aromatic carbocycles. The van der Waals surface area contributed by atoms with E-state index in [2.05, 4.69) is 11.6 Å². The van der Waals surface area contributed by atoms with Crippen LogP contribution in [0.5, 0.6) is 0 Å². The van der Waals surface area contributed by atoms with E-state index in [4.69, 9.17) is 5.73 Å². The molecule has 3 nitrogen and oxygen atoms in total.